The minimum absolute atomic E-state index is 0.888. The SMILES string of the molecule is c1cc(-c2cccc3oc4c5ccccc5ccc4c23)cc(N(c2ccc(-c3cccc(-n4c5ccccc5c5ccccc54)c3)cc2)c2cc3ccccc3c3ccccc23)c1. The highest BCUT2D eigenvalue weighted by Crippen LogP contribution is 2.45. The van der Waals surface area contributed by atoms with Crippen molar-refractivity contribution in [3.8, 4) is 27.9 Å². The van der Waals surface area contributed by atoms with Gasteiger partial charge in [0.2, 0.25) is 0 Å². The van der Waals surface area contributed by atoms with E-state index < -0.39 is 0 Å². The maximum Gasteiger partial charge on any atom is 0.143 e. The predicted octanol–water partition coefficient (Wildman–Crippen LogP) is 16.9. The van der Waals surface area contributed by atoms with Crippen LogP contribution in [0.2, 0.25) is 0 Å². The number of hydrogen-bond acceptors (Lipinski definition) is 2. The Morgan fingerprint density at radius 2 is 0.984 bits per heavy atom. The fourth-order valence-corrected chi connectivity index (χ4v) is 10.1. The Kier molecular flexibility index (Phi) is 7.91. The normalized spacial score (nSPS) is 11.8. The third kappa shape index (κ3) is 5.60. The summed E-state index contributed by atoms with van der Waals surface area (Å²) < 4.78 is 9.02. The molecule has 0 saturated heterocycles. The summed E-state index contributed by atoms with van der Waals surface area (Å²) >= 11 is 0. The van der Waals surface area contributed by atoms with Crippen LogP contribution < -0.4 is 4.90 Å². The highest BCUT2D eigenvalue weighted by Gasteiger charge is 2.20. The second-order valence-corrected chi connectivity index (χ2v) is 16.5. The number of furan rings is 1. The lowest BCUT2D eigenvalue weighted by molar-refractivity contribution is 0.673. The lowest BCUT2D eigenvalue weighted by Crippen LogP contribution is -2.11. The van der Waals surface area contributed by atoms with Crippen LogP contribution in [0.15, 0.2) is 235 Å². The highest BCUT2D eigenvalue weighted by atomic mass is 16.3. The van der Waals surface area contributed by atoms with Crippen LogP contribution in [0.4, 0.5) is 17.1 Å². The van der Waals surface area contributed by atoms with Gasteiger partial charge in [0.1, 0.15) is 11.2 Å². The Bertz CT molecular complexity index is 3870. The van der Waals surface area contributed by atoms with Crippen LogP contribution in [-0.4, -0.2) is 4.57 Å². The fraction of sp³-hybridized carbons (Fsp3) is 0. The Balaban J connectivity index is 0.973. The molecule has 0 spiro atoms. The summed E-state index contributed by atoms with van der Waals surface area (Å²) in [6.07, 6.45) is 0. The van der Waals surface area contributed by atoms with Crippen LogP contribution in [0.25, 0.3) is 104 Å². The van der Waals surface area contributed by atoms with Crippen molar-refractivity contribution in [3.05, 3.63) is 231 Å². The van der Waals surface area contributed by atoms with E-state index in [-0.39, 0.29) is 0 Å². The molecule has 0 aliphatic rings. The van der Waals surface area contributed by atoms with E-state index in [0.29, 0.717) is 0 Å². The van der Waals surface area contributed by atoms with Crippen LogP contribution in [0.5, 0.6) is 0 Å². The number of para-hydroxylation sites is 2. The van der Waals surface area contributed by atoms with Crippen LogP contribution in [0.3, 0.4) is 0 Å². The largest absolute Gasteiger partial charge is 0.455 e. The standard InChI is InChI=1S/C60H38N2O/c1-4-21-49-40(14-1)32-35-54-59-48(26-13-29-58(59)63-60(49)54)42-17-12-18-45(37-42)61(57-38-43-15-2-3-20-47(43)50-22-5-6-23-51(50)57)44-33-30-39(31-34-44)41-16-11-19-46(36-41)62-55-27-9-7-24-52(55)53-25-8-10-28-56(53)62/h1-38H. The Labute approximate surface area is 363 Å². The minimum Gasteiger partial charge on any atom is -0.455 e. The van der Waals surface area contributed by atoms with Crippen molar-refractivity contribution in [3.63, 3.8) is 0 Å². The molecule has 3 heteroatoms. The van der Waals surface area contributed by atoms with E-state index in [1.807, 2.05) is 0 Å². The summed E-state index contributed by atoms with van der Waals surface area (Å²) in [6, 6.07) is 83.5. The Morgan fingerprint density at radius 1 is 0.349 bits per heavy atom. The molecule has 0 saturated carbocycles. The third-order valence-electron chi connectivity index (χ3n) is 12.9. The van der Waals surface area contributed by atoms with Gasteiger partial charge < -0.3 is 13.9 Å². The maximum atomic E-state index is 6.64. The fourth-order valence-electron chi connectivity index (χ4n) is 10.1. The number of nitrogens with zero attached hydrogens (tertiary/aromatic N) is 2. The van der Waals surface area contributed by atoms with Crippen molar-refractivity contribution < 1.29 is 4.42 Å². The van der Waals surface area contributed by atoms with Crippen LogP contribution in [0.1, 0.15) is 0 Å². The number of benzene rings is 11. The lowest BCUT2D eigenvalue weighted by Gasteiger charge is -2.28. The second kappa shape index (κ2) is 14.1. The van der Waals surface area contributed by atoms with Gasteiger partial charge in [-0.25, -0.2) is 0 Å². The quantitative estimate of drug-likeness (QED) is 0.156. The van der Waals surface area contributed by atoms with Crippen molar-refractivity contribution in [2.24, 2.45) is 0 Å². The van der Waals surface area contributed by atoms with Gasteiger partial charge in [0.25, 0.3) is 0 Å². The van der Waals surface area contributed by atoms with E-state index >= 15 is 0 Å². The van der Waals surface area contributed by atoms with Crippen molar-refractivity contribution in [2.75, 3.05) is 4.90 Å². The minimum atomic E-state index is 0.888. The van der Waals surface area contributed by atoms with Gasteiger partial charge in [-0.3, -0.25) is 0 Å². The molecule has 13 aromatic rings. The smallest absolute Gasteiger partial charge is 0.143 e. The van der Waals surface area contributed by atoms with Crippen LogP contribution in [0, 0.1) is 0 Å². The van der Waals surface area contributed by atoms with E-state index in [2.05, 4.69) is 240 Å². The first-order valence-electron chi connectivity index (χ1n) is 21.6. The first-order valence-corrected chi connectivity index (χ1v) is 21.6. The first-order chi connectivity index (χ1) is 31.2. The lowest BCUT2D eigenvalue weighted by atomic mass is 9.96. The maximum absolute atomic E-state index is 6.64. The molecule has 0 N–H and O–H groups in total. The molecule has 294 valence electrons. The van der Waals surface area contributed by atoms with Crippen molar-refractivity contribution in [1.82, 2.24) is 4.57 Å². The second-order valence-electron chi connectivity index (χ2n) is 16.5. The highest BCUT2D eigenvalue weighted by molar-refractivity contribution is 6.19. The number of aromatic nitrogens is 1. The first kappa shape index (κ1) is 35.4. The molecule has 0 unspecified atom stereocenters. The Morgan fingerprint density at radius 3 is 1.78 bits per heavy atom. The van der Waals surface area contributed by atoms with Gasteiger partial charge in [0.05, 0.1) is 16.7 Å². The molecule has 0 fully saturated rings. The zero-order chi connectivity index (χ0) is 41.4. The predicted molar refractivity (Wildman–Crippen MR) is 266 cm³/mol. The molecule has 63 heavy (non-hydrogen) atoms. The van der Waals surface area contributed by atoms with Crippen LogP contribution >= 0.6 is 0 Å². The van der Waals surface area contributed by atoms with E-state index in [9.17, 15) is 0 Å². The van der Waals surface area contributed by atoms with E-state index in [1.165, 1.54) is 54.3 Å². The summed E-state index contributed by atoms with van der Waals surface area (Å²) in [6.45, 7) is 0. The molecule has 0 amide bonds. The van der Waals surface area contributed by atoms with Gasteiger partial charge in [0, 0.05) is 49.4 Å². The van der Waals surface area contributed by atoms with Gasteiger partial charge in [-0.05, 0) is 111 Å². The number of anilines is 3. The molecular weight excluding hydrogens is 765 g/mol. The van der Waals surface area contributed by atoms with Crippen molar-refractivity contribution in [2.45, 2.75) is 0 Å². The van der Waals surface area contributed by atoms with Gasteiger partial charge in [0.15, 0.2) is 0 Å². The molecule has 2 aromatic heterocycles. The molecule has 0 radical (unpaired) electrons. The zero-order valence-corrected chi connectivity index (χ0v) is 34.2. The molecular formula is C60H38N2O. The number of hydrogen-bond donors (Lipinski definition) is 0. The Hall–Kier alpha value is -8.40. The average molecular weight is 803 g/mol. The summed E-state index contributed by atoms with van der Waals surface area (Å²) in [5, 5.41) is 11.9. The molecule has 0 aliphatic carbocycles. The number of rotatable bonds is 6. The third-order valence-corrected chi connectivity index (χ3v) is 12.9. The van der Waals surface area contributed by atoms with E-state index in [0.717, 1.165) is 66.8 Å². The molecule has 13 rings (SSSR count). The van der Waals surface area contributed by atoms with E-state index in [4.69, 9.17) is 4.42 Å². The van der Waals surface area contributed by atoms with Gasteiger partial charge >= 0.3 is 0 Å². The summed E-state index contributed by atoms with van der Waals surface area (Å²) in [4.78, 5) is 2.43. The topological polar surface area (TPSA) is 21.3 Å². The van der Waals surface area contributed by atoms with E-state index in [1.54, 1.807) is 0 Å². The van der Waals surface area contributed by atoms with Crippen LogP contribution in [-0.2, 0) is 0 Å². The monoisotopic (exact) mass is 802 g/mol. The molecule has 3 nitrogen and oxygen atoms in total. The molecule has 0 atom stereocenters. The summed E-state index contributed by atoms with van der Waals surface area (Å²) in [7, 11) is 0. The molecule has 0 bridgehead atoms. The average Bonchev–Trinajstić information content (AvgIpc) is 3.91. The van der Waals surface area contributed by atoms with Gasteiger partial charge in [-0.2, -0.15) is 0 Å². The molecule has 0 aliphatic heterocycles. The number of fused-ring (bicyclic) bond motifs is 11. The van der Waals surface area contributed by atoms with Gasteiger partial charge in [-0.15, -0.1) is 0 Å². The van der Waals surface area contributed by atoms with Crippen molar-refractivity contribution in [1.29, 1.82) is 0 Å². The van der Waals surface area contributed by atoms with Crippen molar-refractivity contribution >= 4 is 93.1 Å². The zero-order valence-electron chi connectivity index (χ0n) is 34.2. The van der Waals surface area contributed by atoms with Gasteiger partial charge in [-0.1, -0.05) is 164 Å². The molecule has 2 heterocycles. The summed E-state index contributed by atoms with van der Waals surface area (Å²) in [5.74, 6) is 0. The molecule has 11 aromatic carbocycles. The summed E-state index contributed by atoms with van der Waals surface area (Å²) in [5.41, 5.74) is 13.2.